The van der Waals surface area contributed by atoms with Gasteiger partial charge in [0.05, 0.1) is 13.7 Å². The van der Waals surface area contributed by atoms with Crippen molar-refractivity contribution in [2.24, 2.45) is 0 Å². The first-order valence-corrected chi connectivity index (χ1v) is 6.37. The van der Waals surface area contributed by atoms with Crippen LogP contribution >= 0.6 is 0 Å². The third-order valence-electron chi connectivity index (χ3n) is 3.27. The van der Waals surface area contributed by atoms with E-state index >= 15 is 0 Å². The number of nitrogens with two attached hydrogens (primary N) is 1. The van der Waals surface area contributed by atoms with Crippen LogP contribution in [-0.4, -0.2) is 23.8 Å². The van der Waals surface area contributed by atoms with Gasteiger partial charge < -0.3 is 10.5 Å². The molecule has 1 saturated heterocycles. The van der Waals surface area contributed by atoms with E-state index < -0.39 is 0 Å². The van der Waals surface area contributed by atoms with E-state index in [-0.39, 0.29) is 18.4 Å². The van der Waals surface area contributed by atoms with Crippen LogP contribution in [0.2, 0.25) is 0 Å². The van der Waals surface area contributed by atoms with E-state index in [0.717, 1.165) is 18.4 Å². The summed E-state index contributed by atoms with van der Waals surface area (Å²) in [5.74, 6) is 0.382. The lowest BCUT2D eigenvalue weighted by Gasteiger charge is -2.20. The van der Waals surface area contributed by atoms with Crippen LogP contribution in [-0.2, 0) is 16.1 Å². The van der Waals surface area contributed by atoms with Crippen molar-refractivity contribution in [2.45, 2.75) is 32.2 Å². The number of hydrogen-bond donors (Lipinski definition) is 1. The fraction of sp³-hybridized carbons (Fsp3) is 0.429. The third-order valence-corrected chi connectivity index (χ3v) is 3.27. The molecule has 1 heterocycles. The number of ether oxygens (including phenoxy) is 1. The summed E-state index contributed by atoms with van der Waals surface area (Å²) >= 11 is 0. The van der Waals surface area contributed by atoms with Crippen LogP contribution in [0, 0.1) is 0 Å². The fourth-order valence-corrected chi connectivity index (χ4v) is 2.20. The van der Waals surface area contributed by atoms with E-state index in [1.807, 2.05) is 0 Å². The van der Waals surface area contributed by atoms with Gasteiger partial charge in [-0.2, -0.15) is 0 Å². The molecule has 5 heteroatoms. The highest BCUT2D eigenvalue weighted by Gasteiger charge is 2.24. The lowest BCUT2D eigenvalue weighted by molar-refractivity contribution is -0.144. The van der Waals surface area contributed by atoms with Gasteiger partial charge >= 0.3 is 0 Å². The summed E-state index contributed by atoms with van der Waals surface area (Å²) < 4.78 is 5.24. The van der Waals surface area contributed by atoms with Gasteiger partial charge in [0.2, 0.25) is 11.8 Å². The van der Waals surface area contributed by atoms with Crippen molar-refractivity contribution in [1.82, 2.24) is 4.90 Å². The average molecular weight is 262 g/mol. The van der Waals surface area contributed by atoms with Crippen LogP contribution in [0.5, 0.6) is 5.75 Å². The Hall–Kier alpha value is -2.04. The molecule has 2 amide bonds. The number of imide groups is 1. The number of rotatable bonds is 3. The van der Waals surface area contributed by atoms with Gasteiger partial charge in [-0.25, -0.2) is 0 Å². The van der Waals surface area contributed by atoms with E-state index in [4.69, 9.17) is 10.5 Å². The molecule has 0 aromatic heterocycles. The summed E-state index contributed by atoms with van der Waals surface area (Å²) in [5, 5.41) is 0. The molecule has 2 rings (SSSR count). The summed E-state index contributed by atoms with van der Waals surface area (Å²) in [6, 6.07) is 5.23. The van der Waals surface area contributed by atoms with Crippen molar-refractivity contribution >= 4 is 17.5 Å². The van der Waals surface area contributed by atoms with Crippen LogP contribution in [0.15, 0.2) is 18.2 Å². The van der Waals surface area contributed by atoms with E-state index in [1.165, 1.54) is 4.90 Å². The Labute approximate surface area is 112 Å². The zero-order chi connectivity index (χ0) is 13.8. The number of carbonyl (C=O) groups excluding carboxylic acids is 2. The molecule has 102 valence electrons. The molecule has 0 spiro atoms. The zero-order valence-electron chi connectivity index (χ0n) is 11.0. The van der Waals surface area contributed by atoms with Gasteiger partial charge in [0.15, 0.2) is 0 Å². The first kappa shape index (κ1) is 13.4. The minimum atomic E-state index is -0.110. The lowest BCUT2D eigenvalue weighted by Crippen LogP contribution is -2.34. The Balaban J connectivity index is 2.23. The Morgan fingerprint density at radius 2 is 1.84 bits per heavy atom. The summed E-state index contributed by atoms with van der Waals surface area (Å²) in [5.41, 5.74) is 7.07. The summed E-state index contributed by atoms with van der Waals surface area (Å²) in [7, 11) is 1.55. The number of nitrogen functional groups attached to an aromatic ring is 1. The molecule has 0 aliphatic carbocycles. The zero-order valence-corrected chi connectivity index (χ0v) is 11.0. The molecule has 0 radical (unpaired) electrons. The van der Waals surface area contributed by atoms with Crippen LogP contribution in [0.1, 0.15) is 31.2 Å². The molecule has 1 aliphatic rings. The number of amides is 2. The third kappa shape index (κ3) is 3.05. The number of anilines is 1. The largest absolute Gasteiger partial charge is 0.496 e. The first-order valence-electron chi connectivity index (χ1n) is 6.37. The topological polar surface area (TPSA) is 72.6 Å². The first-order chi connectivity index (χ1) is 9.11. The lowest BCUT2D eigenvalue weighted by atomic mass is 10.1. The molecule has 2 N–H and O–H groups in total. The van der Waals surface area contributed by atoms with Crippen LogP contribution in [0.25, 0.3) is 0 Å². The van der Waals surface area contributed by atoms with Crippen LogP contribution in [0.3, 0.4) is 0 Å². The van der Waals surface area contributed by atoms with E-state index in [1.54, 1.807) is 25.3 Å². The molecular weight excluding hydrogens is 244 g/mol. The summed E-state index contributed by atoms with van der Waals surface area (Å²) in [6.07, 6.45) is 2.42. The van der Waals surface area contributed by atoms with Gasteiger partial charge in [0, 0.05) is 30.2 Å². The molecule has 5 nitrogen and oxygen atoms in total. The predicted octanol–water partition coefficient (Wildman–Crippen LogP) is 1.71. The minimum absolute atomic E-state index is 0.110. The second-order valence-electron chi connectivity index (χ2n) is 4.65. The monoisotopic (exact) mass is 262 g/mol. The van der Waals surface area contributed by atoms with Gasteiger partial charge in [0.25, 0.3) is 0 Å². The molecular formula is C14H18N2O3. The number of methoxy groups -OCH3 is 1. The highest BCUT2D eigenvalue weighted by atomic mass is 16.5. The van der Waals surface area contributed by atoms with Crippen LogP contribution < -0.4 is 10.5 Å². The van der Waals surface area contributed by atoms with Crippen molar-refractivity contribution in [3.05, 3.63) is 23.8 Å². The van der Waals surface area contributed by atoms with Crippen molar-refractivity contribution in [1.29, 1.82) is 0 Å². The molecule has 0 atom stereocenters. The Morgan fingerprint density at radius 3 is 2.42 bits per heavy atom. The number of hydrogen-bond acceptors (Lipinski definition) is 4. The Morgan fingerprint density at radius 1 is 1.21 bits per heavy atom. The molecule has 19 heavy (non-hydrogen) atoms. The molecule has 0 bridgehead atoms. The SMILES string of the molecule is COc1cc(N)ccc1CN1C(=O)CCCCC1=O. The van der Waals surface area contributed by atoms with E-state index in [0.29, 0.717) is 24.3 Å². The number of nitrogens with zero attached hydrogens (tertiary/aromatic N) is 1. The summed E-state index contributed by atoms with van der Waals surface area (Å²) in [4.78, 5) is 25.2. The van der Waals surface area contributed by atoms with Crippen molar-refractivity contribution in [3.8, 4) is 5.75 Å². The maximum absolute atomic E-state index is 11.9. The molecule has 0 saturated carbocycles. The maximum atomic E-state index is 11.9. The fourth-order valence-electron chi connectivity index (χ4n) is 2.20. The Kier molecular flexibility index (Phi) is 4.04. The van der Waals surface area contributed by atoms with E-state index in [2.05, 4.69) is 0 Å². The minimum Gasteiger partial charge on any atom is -0.496 e. The van der Waals surface area contributed by atoms with Gasteiger partial charge in [-0.1, -0.05) is 6.07 Å². The summed E-state index contributed by atoms with van der Waals surface area (Å²) in [6.45, 7) is 0.251. The normalized spacial score (nSPS) is 16.4. The van der Waals surface area contributed by atoms with Gasteiger partial charge in [-0.05, 0) is 18.9 Å². The average Bonchev–Trinajstić information content (AvgIpc) is 2.55. The highest BCUT2D eigenvalue weighted by Crippen LogP contribution is 2.24. The molecule has 1 aromatic rings. The number of carbonyl (C=O) groups is 2. The molecule has 0 unspecified atom stereocenters. The maximum Gasteiger partial charge on any atom is 0.229 e. The van der Waals surface area contributed by atoms with Crippen molar-refractivity contribution in [2.75, 3.05) is 12.8 Å². The molecule has 1 aliphatic heterocycles. The number of likely N-dealkylation sites (tertiary alicyclic amines) is 1. The smallest absolute Gasteiger partial charge is 0.229 e. The number of benzene rings is 1. The Bertz CT molecular complexity index is 481. The molecule has 1 aromatic carbocycles. The van der Waals surface area contributed by atoms with Gasteiger partial charge in [-0.3, -0.25) is 14.5 Å². The predicted molar refractivity (Wildman–Crippen MR) is 71.4 cm³/mol. The standard InChI is InChI=1S/C14H18N2O3/c1-19-12-8-11(15)7-6-10(12)9-16-13(17)4-2-3-5-14(16)18/h6-8H,2-5,9,15H2,1H3. The van der Waals surface area contributed by atoms with Crippen molar-refractivity contribution < 1.29 is 14.3 Å². The van der Waals surface area contributed by atoms with Gasteiger partial charge in [-0.15, -0.1) is 0 Å². The highest BCUT2D eigenvalue weighted by molar-refractivity contribution is 5.96. The van der Waals surface area contributed by atoms with E-state index in [9.17, 15) is 9.59 Å². The second-order valence-corrected chi connectivity index (χ2v) is 4.65. The van der Waals surface area contributed by atoms with Crippen LogP contribution in [0.4, 0.5) is 5.69 Å². The van der Waals surface area contributed by atoms with Crippen molar-refractivity contribution in [3.63, 3.8) is 0 Å². The van der Waals surface area contributed by atoms with Gasteiger partial charge in [0.1, 0.15) is 5.75 Å². The second kappa shape index (κ2) is 5.73. The molecule has 1 fully saturated rings. The quantitative estimate of drug-likeness (QED) is 0.664.